The van der Waals surface area contributed by atoms with Gasteiger partial charge in [0.05, 0.1) is 19.1 Å². The third-order valence-electron chi connectivity index (χ3n) is 1.86. The van der Waals surface area contributed by atoms with E-state index in [1.165, 1.54) is 0 Å². The number of nitrogens with zero attached hydrogens (tertiary/aromatic N) is 1. The summed E-state index contributed by atoms with van der Waals surface area (Å²) in [5.41, 5.74) is 0.758. The zero-order chi connectivity index (χ0) is 9.84. The Labute approximate surface area is 82.7 Å². The molecule has 0 N–H and O–H groups in total. The van der Waals surface area contributed by atoms with Crippen LogP contribution in [0.4, 0.5) is 0 Å². The van der Waals surface area contributed by atoms with Crippen molar-refractivity contribution in [3.05, 3.63) is 28.8 Å². The molecular formula is C10H10ClNO. The van der Waals surface area contributed by atoms with Crippen LogP contribution in [0.3, 0.4) is 0 Å². The number of hydrogen-bond donors (Lipinski definition) is 0. The zero-order valence-corrected chi connectivity index (χ0v) is 8.30. The van der Waals surface area contributed by atoms with Crippen LogP contribution in [0.25, 0.3) is 0 Å². The van der Waals surface area contributed by atoms with Crippen molar-refractivity contribution in [1.29, 1.82) is 5.26 Å². The van der Waals surface area contributed by atoms with E-state index in [2.05, 4.69) is 6.07 Å². The van der Waals surface area contributed by atoms with Gasteiger partial charge in [0, 0.05) is 10.6 Å². The Morgan fingerprint density at radius 3 is 2.77 bits per heavy atom. The molecule has 0 bridgehead atoms. The second-order valence-electron chi connectivity index (χ2n) is 2.71. The molecule has 0 heterocycles. The molecule has 0 aliphatic rings. The van der Waals surface area contributed by atoms with Crippen molar-refractivity contribution in [2.75, 3.05) is 7.11 Å². The predicted octanol–water partition coefficient (Wildman–Crippen LogP) is 2.98. The molecule has 68 valence electrons. The van der Waals surface area contributed by atoms with Crippen LogP contribution in [0.1, 0.15) is 18.4 Å². The van der Waals surface area contributed by atoms with Crippen molar-refractivity contribution in [2.24, 2.45) is 0 Å². The fourth-order valence-corrected chi connectivity index (χ4v) is 1.51. The van der Waals surface area contributed by atoms with E-state index in [0.717, 1.165) is 5.56 Å². The summed E-state index contributed by atoms with van der Waals surface area (Å²) in [6, 6.07) is 7.49. The first-order valence-corrected chi connectivity index (χ1v) is 4.30. The molecule has 0 saturated carbocycles. The average molecular weight is 196 g/mol. The van der Waals surface area contributed by atoms with Gasteiger partial charge in [-0.15, -0.1) is 0 Å². The highest BCUT2D eigenvalue weighted by Gasteiger charge is 2.13. The minimum atomic E-state index is -0.247. The molecule has 1 aromatic rings. The summed E-state index contributed by atoms with van der Waals surface area (Å²) in [6.07, 6.45) is 0. The number of methoxy groups -OCH3 is 1. The van der Waals surface area contributed by atoms with Crippen molar-refractivity contribution < 1.29 is 4.74 Å². The van der Waals surface area contributed by atoms with Crippen LogP contribution in [0.5, 0.6) is 5.75 Å². The molecule has 0 amide bonds. The fraction of sp³-hybridized carbons (Fsp3) is 0.300. The quantitative estimate of drug-likeness (QED) is 0.727. The Morgan fingerprint density at radius 2 is 2.23 bits per heavy atom. The first kappa shape index (κ1) is 9.88. The summed E-state index contributed by atoms with van der Waals surface area (Å²) in [6.45, 7) is 1.80. The molecule has 1 atom stereocenters. The topological polar surface area (TPSA) is 33.0 Å². The smallest absolute Gasteiger partial charge is 0.124 e. The fourth-order valence-electron chi connectivity index (χ4n) is 1.18. The second-order valence-corrected chi connectivity index (χ2v) is 3.11. The van der Waals surface area contributed by atoms with Gasteiger partial charge in [-0.05, 0) is 19.1 Å². The summed E-state index contributed by atoms with van der Waals surface area (Å²) in [4.78, 5) is 0. The monoisotopic (exact) mass is 195 g/mol. The summed E-state index contributed by atoms with van der Waals surface area (Å²) >= 11 is 5.95. The van der Waals surface area contributed by atoms with Crippen LogP contribution < -0.4 is 4.74 Å². The van der Waals surface area contributed by atoms with Crippen LogP contribution >= 0.6 is 11.6 Å². The van der Waals surface area contributed by atoms with Gasteiger partial charge in [0.2, 0.25) is 0 Å². The Hall–Kier alpha value is -1.20. The normalized spacial score (nSPS) is 11.8. The van der Waals surface area contributed by atoms with E-state index < -0.39 is 0 Å². The van der Waals surface area contributed by atoms with Gasteiger partial charge >= 0.3 is 0 Å². The molecule has 0 spiro atoms. The van der Waals surface area contributed by atoms with E-state index in [-0.39, 0.29) is 5.92 Å². The van der Waals surface area contributed by atoms with Gasteiger partial charge in [-0.3, -0.25) is 0 Å². The zero-order valence-electron chi connectivity index (χ0n) is 7.54. The van der Waals surface area contributed by atoms with E-state index >= 15 is 0 Å². The Morgan fingerprint density at radius 1 is 1.54 bits per heavy atom. The Kier molecular flexibility index (Phi) is 3.16. The number of hydrogen-bond acceptors (Lipinski definition) is 2. The lowest BCUT2D eigenvalue weighted by atomic mass is 10.0. The summed E-state index contributed by atoms with van der Waals surface area (Å²) in [5, 5.41) is 9.35. The highest BCUT2D eigenvalue weighted by molar-refractivity contribution is 6.31. The Balaban J connectivity index is 3.24. The molecule has 0 aliphatic heterocycles. The molecule has 1 unspecified atom stereocenters. The first-order valence-electron chi connectivity index (χ1n) is 3.92. The maximum absolute atomic E-state index is 8.77. The van der Waals surface area contributed by atoms with Gasteiger partial charge in [-0.25, -0.2) is 0 Å². The van der Waals surface area contributed by atoms with Crippen molar-refractivity contribution in [1.82, 2.24) is 0 Å². The van der Waals surface area contributed by atoms with Gasteiger partial charge in [0.25, 0.3) is 0 Å². The predicted molar refractivity (Wildman–Crippen MR) is 52.0 cm³/mol. The summed E-state index contributed by atoms with van der Waals surface area (Å²) in [5.74, 6) is 0.421. The number of rotatable bonds is 2. The van der Waals surface area contributed by atoms with E-state index in [4.69, 9.17) is 21.6 Å². The van der Waals surface area contributed by atoms with E-state index in [0.29, 0.717) is 10.8 Å². The molecule has 0 fully saturated rings. The SMILES string of the molecule is COc1cccc(Cl)c1C(C)C#N. The minimum absolute atomic E-state index is 0.247. The van der Waals surface area contributed by atoms with Crippen molar-refractivity contribution >= 4 is 11.6 Å². The number of nitriles is 1. The molecule has 3 heteroatoms. The lowest BCUT2D eigenvalue weighted by molar-refractivity contribution is 0.409. The van der Waals surface area contributed by atoms with Crippen LogP contribution in [0.15, 0.2) is 18.2 Å². The lowest BCUT2D eigenvalue weighted by Crippen LogP contribution is -1.96. The molecule has 1 aromatic carbocycles. The highest BCUT2D eigenvalue weighted by Crippen LogP contribution is 2.32. The molecule has 0 saturated heterocycles. The maximum atomic E-state index is 8.77. The molecule has 1 rings (SSSR count). The van der Waals surface area contributed by atoms with Gasteiger partial charge in [-0.1, -0.05) is 17.7 Å². The number of halogens is 1. The molecular weight excluding hydrogens is 186 g/mol. The summed E-state index contributed by atoms with van der Waals surface area (Å²) < 4.78 is 5.11. The van der Waals surface area contributed by atoms with Gasteiger partial charge < -0.3 is 4.74 Å². The van der Waals surface area contributed by atoms with Gasteiger partial charge in [0.1, 0.15) is 5.75 Å². The van der Waals surface area contributed by atoms with Crippen molar-refractivity contribution in [3.8, 4) is 11.8 Å². The average Bonchev–Trinajstić information content (AvgIpc) is 2.16. The summed E-state index contributed by atoms with van der Waals surface area (Å²) in [7, 11) is 1.57. The van der Waals surface area contributed by atoms with Crippen molar-refractivity contribution in [2.45, 2.75) is 12.8 Å². The number of benzene rings is 1. The highest BCUT2D eigenvalue weighted by atomic mass is 35.5. The molecule has 0 radical (unpaired) electrons. The first-order chi connectivity index (χ1) is 6.20. The van der Waals surface area contributed by atoms with Crippen LogP contribution in [-0.4, -0.2) is 7.11 Å². The number of ether oxygens (including phenoxy) is 1. The van der Waals surface area contributed by atoms with Gasteiger partial charge in [-0.2, -0.15) is 5.26 Å². The second kappa shape index (κ2) is 4.15. The molecule has 2 nitrogen and oxygen atoms in total. The lowest BCUT2D eigenvalue weighted by Gasteiger charge is -2.11. The van der Waals surface area contributed by atoms with Crippen LogP contribution in [0.2, 0.25) is 5.02 Å². The maximum Gasteiger partial charge on any atom is 0.124 e. The molecule has 0 aliphatic carbocycles. The van der Waals surface area contributed by atoms with Crippen molar-refractivity contribution in [3.63, 3.8) is 0 Å². The molecule has 13 heavy (non-hydrogen) atoms. The molecule has 0 aromatic heterocycles. The largest absolute Gasteiger partial charge is 0.496 e. The van der Waals surface area contributed by atoms with Crippen LogP contribution in [0, 0.1) is 11.3 Å². The van der Waals surface area contributed by atoms with Crippen LogP contribution in [-0.2, 0) is 0 Å². The standard InChI is InChI=1S/C10H10ClNO/c1-7(6-12)10-8(11)4-3-5-9(10)13-2/h3-5,7H,1-2H3. The third-order valence-corrected chi connectivity index (χ3v) is 2.19. The van der Waals surface area contributed by atoms with E-state index in [1.807, 2.05) is 0 Å². The van der Waals surface area contributed by atoms with E-state index in [9.17, 15) is 0 Å². The van der Waals surface area contributed by atoms with Gasteiger partial charge in [0.15, 0.2) is 0 Å². The third kappa shape index (κ3) is 1.93. The Bertz CT molecular complexity index is 343. The minimum Gasteiger partial charge on any atom is -0.496 e. The van der Waals surface area contributed by atoms with E-state index in [1.54, 1.807) is 32.2 Å².